The highest BCUT2D eigenvalue weighted by atomic mass is 28.4. The fraction of sp³-hybridized carbons (Fsp3) is 0.844. The summed E-state index contributed by atoms with van der Waals surface area (Å²) < 4.78 is 48.0. The van der Waals surface area contributed by atoms with Crippen LogP contribution in [0.25, 0.3) is 0 Å². The molecule has 0 N–H and O–H groups in total. The number of hydrogen-bond acceptors (Lipinski definition) is 9. The number of ether oxygens (including phenoxy) is 7. The summed E-state index contributed by atoms with van der Waals surface area (Å²) in [6.07, 6.45) is 30.3. The van der Waals surface area contributed by atoms with Crippen LogP contribution in [0.15, 0.2) is 36.0 Å². The molecule has 0 spiro atoms. The molecule has 0 radical (unpaired) electrons. The van der Waals surface area contributed by atoms with Crippen LogP contribution in [-0.2, 0) is 42.4 Å². The average Bonchev–Trinajstić information content (AvgIpc) is 3.89. The second-order valence-electron chi connectivity index (χ2n) is 17.6. The number of hydrogen-bond donors (Lipinski definition) is 0. The Hall–Kier alpha value is -1.37. The second kappa shape index (κ2) is 25.9. The molecule has 0 aromatic carbocycles. The molecule has 3 rings (SSSR count). The van der Waals surface area contributed by atoms with Gasteiger partial charge >= 0.3 is 5.97 Å². The fourth-order valence-corrected chi connectivity index (χ4v) is 8.98. The standard InChI is InChI=1S/C45H80O9Si/c1-10-11-12-13-19-22-25-38(49-33-47-6)40-27-29-42(52-40)43-30-28-41(53-43)39(50-34-48-7)26-23-20-17-15-14-16-18-21-24-37(54-55(8,9)45(3,4)5)32-36-31-35(2)51-44(36)46/h22-23,25-26,31,35,37-43H,10-21,24,27-30,32-34H2,1-9H3/b25-22+,26-23+/t35-,37+,38+,39+,40+,41+,42+,43+/m0/s1. The molecule has 0 aliphatic carbocycles. The highest BCUT2D eigenvalue weighted by Gasteiger charge is 2.42. The van der Waals surface area contributed by atoms with Crippen LogP contribution in [0.5, 0.6) is 0 Å². The smallest absolute Gasteiger partial charge is 0.334 e. The minimum Gasteiger partial charge on any atom is -0.455 e. The molecule has 55 heavy (non-hydrogen) atoms. The van der Waals surface area contributed by atoms with E-state index in [-0.39, 0.29) is 73.4 Å². The lowest BCUT2D eigenvalue weighted by atomic mass is 10.0. The number of esters is 1. The molecule has 0 saturated carbocycles. The second-order valence-corrected chi connectivity index (χ2v) is 22.3. The van der Waals surface area contributed by atoms with Crippen LogP contribution in [-0.4, -0.2) is 90.9 Å². The third-order valence-corrected chi connectivity index (χ3v) is 16.3. The molecule has 8 atom stereocenters. The Kier molecular flexibility index (Phi) is 22.6. The largest absolute Gasteiger partial charge is 0.455 e. The van der Waals surface area contributed by atoms with Crippen LogP contribution in [0.3, 0.4) is 0 Å². The maximum atomic E-state index is 12.4. The van der Waals surface area contributed by atoms with Crippen molar-refractivity contribution in [3.8, 4) is 0 Å². The zero-order valence-corrected chi connectivity index (χ0v) is 37.3. The maximum absolute atomic E-state index is 12.4. The minimum atomic E-state index is -1.95. The van der Waals surface area contributed by atoms with Crippen molar-refractivity contribution >= 4 is 14.3 Å². The molecule has 2 fully saturated rings. The third kappa shape index (κ3) is 17.6. The monoisotopic (exact) mass is 793 g/mol. The highest BCUT2D eigenvalue weighted by Crippen LogP contribution is 2.39. The molecule has 0 bridgehead atoms. The highest BCUT2D eigenvalue weighted by molar-refractivity contribution is 6.74. The van der Waals surface area contributed by atoms with E-state index in [1.54, 1.807) is 14.2 Å². The van der Waals surface area contributed by atoms with E-state index in [1.165, 1.54) is 51.4 Å². The maximum Gasteiger partial charge on any atom is 0.334 e. The Bertz CT molecular complexity index is 1150. The molecule has 9 nitrogen and oxygen atoms in total. The Morgan fingerprint density at radius 1 is 0.782 bits per heavy atom. The fourth-order valence-electron chi connectivity index (χ4n) is 7.59. The summed E-state index contributed by atoms with van der Waals surface area (Å²) in [4.78, 5) is 12.4. The summed E-state index contributed by atoms with van der Waals surface area (Å²) >= 11 is 0. The minimum absolute atomic E-state index is 0.00828. The van der Waals surface area contributed by atoms with Gasteiger partial charge in [0.05, 0.1) is 24.4 Å². The van der Waals surface area contributed by atoms with Crippen LogP contribution in [0, 0.1) is 0 Å². The van der Waals surface area contributed by atoms with Gasteiger partial charge in [0.15, 0.2) is 8.32 Å². The van der Waals surface area contributed by atoms with Crippen molar-refractivity contribution in [3.63, 3.8) is 0 Å². The first-order chi connectivity index (χ1) is 26.4. The predicted molar refractivity (Wildman–Crippen MR) is 224 cm³/mol. The number of carbonyl (C=O) groups excluding carboxylic acids is 1. The summed E-state index contributed by atoms with van der Waals surface area (Å²) in [6.45, 7) is 16.1. The average molecular weight is 793 g/mol. The Labute approximate surface area is 336 Å². The van der Waals surface area contributed by atoms with Crippen molar-refractivity contribution in [2.75, 3.05) is 27.8 Å². The van der Waals surface area contributed by atoms with Crippen LogP contribution in [0.1, 0.15) is 150 Å². The van der Waals surface area contributed by atoms with Crippen molar-refractivity contribution in [2.45, 2.75) is 217 Å². The Morgan fingerprint density at radius 2 is 1.29 bits per heavy atom. The molecule has 2 saturated heterocycles. The van der Waals surface area contributed by atoms with Crippen molar-refractivity contribution in [1.82, 2.24) is 0 Å². The molecule has 318 valence electrons. The molecule has 3 aliphatic rings. The Balaban J connectivity index is 1.37. The predicted octanol–water partition coefficient (Wildman–Crippen LogP) is 10.9. The summed E-state index contributed by atoms with van der Waals surface area (Å²) in [5.74, 6) is -0.177. The molecule has 0 aromatic heterocycles. The molecular weight excluding hydrogens is 713 g/mol. The van der Waals surface area contributed by atoms with E-state index < -0.39 is 8.32 Å². The topological polar surface area (TPSA) is 90.9 Å². The van der Waals surface area contributed by atoms with Gasteiger partial charge in [-0.1, -0.05) is 103 Å². The van der Waals surface area contributed by atoms with Gasteiger partial charge in [0.25, 0.3) is 0 Å². The summed E-state index contributed by atoms with van der Waals surface area (Å²) in [5.41, 5.74) is 0.782. The van der Waals surface area contributed by atoms with Crippen LogP contribution in [0.4, 0.5) is 0 Å². The van der Waals surface area contributed by atoms with Gasteiger partial charge in [0, 0.05) is 32.3 Å². The quantitative estimate of drug-likeness (QED) is 0.0241. The first kappa shape index (κ1) is 48.0. The lowest BCUT2D eigenvalue weighted by Gasteiger charge is -2.39. The zero-order chi connectivity index (χ0) is 40.1. The van der Waals surface area contributed by atoms with Gasteiger partial charge in [-0.15, -0.1) is 0 Å². The van der Waals surface area contributed by atoms with Crippen molar-refractivity contribution in [1.29, 1.82) is 0 Å². The van der Waals surface area contributed by atoms with E-state index in [9.17, 15) is 4.79 Å². The van der Waals surface area contributed by atoms with E-state index >= 15 is 0 Å². The molecule has 3 heterocycles. The van der Waals surface area contributed by atoms with Crippen LogP contribution in [0.2, 0.25) is 18.1 Å². The zero-order valence-electron chi connectivity index (χ0n) is 36.3. The molecule has 10 heteroatoms. The van der Waals surface area contributed by atoms with Gasteiger partial charge in [-0.05, 0) is 88.9 Å². The summed E-state index contributed by atoms with van der Waals surface area (Å²) in [6, 6.07) is 0. The van der Waals surface area contributed by atoms with Crippen molar-refractivity contribution in [3.05, 3.63) is 36.0 Å². The number of unbranched alkanes of at least 4 members (excludes halogenated alkanes) is 10. The number of rotatable bonds is 29. The van der Waals surface area contributed by atoms with Gasteiger partial charge in [0.1, 0.15) is 31.9 Å². The molecule has 0 amide bonds. The molecule has 3 aliphatic heterocycles. The van der Waals surface area contributed by atoms with Gasteiger partial charge < -0.3 is 37.6 Å². The lowest BCUT2D eigenvalue weighted by Crippen LogP contribution is -2.44. The number of allylic oxidation sites excluding steroid dienone is 2. The molecule has 0 aromatic rings. The van der Waals surface area contributed by atoms with Gasteiger partial charge in [0.2, 0.25) is 0 Å². The van der Waals surface area contributed by atoms with Gasteiger partial charge in [-0.25, -0.2) is 4.79 Å². The molecule has 0 unspecified atom stereocenters. The van der Waals surface area contributed by atoms with E-state index in [2.05, 4.69) is 65.1 Å². The SMILES string of the molecule is CCCCCC/C=C/[C@@H](OCOC)[C@H]1CC[C@H]([C@H]2CC[C@H]([C@@H](/C=C/CCCCCCCC[C@H](CC3=C[C@H](C)OC3=O)O[Si](C)(C)C(C)(C)C)OCOC)O2)O1. The van der Waals surface area contributed by atoms with Crippen LogP contribution < -0.4 is 0 Å². The summed E-state index contributed by atoms with van der Waals surface area (Å²) in [5, 5.41) is 0.129. The summed E-state index contributed by atoms with van der Waals surface area (Å²) in [7, 11) is 1.38. The number of cyclic esters (lactones) is 1. The van der Waals surface area contributed by atoms with Crippen LogP contribution >= 0.6 is 0 Å². The number of methoxy groups -OCH3 is 2. The van der Waals surface area contributed by atoms with Gasteiger partial charge in [-0.3, -0.25) is 0 Å². The first-order valence-electron chi connectivity index (χ1n) is 21.8. The van der Waals surface area contributed by atoms with Crippen molar-refractivity contribution in [2.24, 2.45) is 0 Å². The number of carbonyl (C=O) groups is 1. The Morgan fingerprint density at radius 3 is 1.76 bits per heavy atom. The lowest BCUT2D eigenvalue weighted by molar-refractivity contribution is -0.141. The van der Waals surface area contributed by atoms with Crippen molar-refractivity contribution < 1.29 is 42.4 Å². The first-order valence-corrected chi connectivity index (χ1v) is 24.7. The third-order valence-electron chi connectivity index (χ3n) is 11.8. The van der Waals surface area contributed by atoms with Gasteiger partial charge in [-0.2, -0.15) is 0 Å². The molecular formula is C45H80O9Si. The van der Waals surface area contributed by atoms with E-state index in [0.29, 0.717) is 6.42 Å². The van der Waals surface area contributed by atoms with E-state index in [1.807, 2.05) is 13.0 Å². The van der Waals surface area contributed by atoms with E-state index in [0.717, 1.165) is 63.4 Å². The van der Waals surface area contributed by atoms with E-state index in [4.69, 9.17) is 37.6 Å². The normalized spacial score (nSPS) is 25.3.